The minimum absolute atomic E-state index is 0.0238. The number of likely N-dealkylation sites (N-methyl/N-ethyl adjacent to an activating group) is 1. The van der Waals surface area contributed by atoms with Crippen LogP contribution in [-0.4, -0.2) is 48.4 Å². The maximum absolute atomic E-state index is 13.2. The van der Waals surface area contributed by atoms with Gasteiger partial charge in [0.15, 0.2) is 11.6 Å². The van der Waals surface area contributed by atoms with Crippen LogP contribution in [-0.2, 0) is 0 Å². The first-order valence-corrected chi connectivity index (χ1v) is 6.14. The van der Waals surface area contributed by atoms with Crippen molar-refractivity contribution in [2.75, 3.05) is 32.4 Å². The van der Waals surface area contributed by atoms with Crippen molar-refractivity contribution in [2.24, 2.45) is 0 Å². The van der Waals surface area contributed by atoms with E-state index in [4.69, 9.17) is 5.73 Å². The second-order valence-electron chi connectivity index (χ2n) is 4.93. The topological polar surface area (TPSA) is 49.6 Å². The zero-order valence-electron chi connectivity index (χ0n) is 11.0. The molecule has 1 atom stereocenters. The predicted molar refractivity (Wildman–Crippen MR) is 68.8 cm³/mol. The highest BCUT2D eigenvalue weighted by Crippen LogP contribution is 2.20. The number of rotatable bonds is 1. The first kappa shape index (κ1) is 13.7. The molecule has 0 spiro atoms. The number of hydrogen-bond acceptors (Lipinski definition) is 3. The highest BCUT2D eigenvalue weighted by molar-refractivity contribution is 5.99. The summed E-state index contributed by atoms with van der Waals surface area (Å²) in [5.41, 5.74) is 5.59. The zero-order valence-corrected chi connectivity index (χ0v) is 11.0. The van der Waals surface area contributed by atoms with Crippen LogP contribution in [0.15, 0.2) is 12.1 Å². The van der Waals surface area contributed by atoms with E-state index in [1.165, 1.54) is 0 Å². The first-order chi connectivity index (χ1) is 8.90. The Morgan fingerprint density at radius 1 is 1.32 bits per heavy atom. The lowest BCUT2D eigenvalue weighted by atomic mass is 10.1. The number of nitrogens with zero attached hydrogens (tertiary/aromatic N) is 2. The molecule has 0 bridgehead atoms. The summed E-state index contributed by atoms with van der Waals surface area (Å²) in [7, 11) is 1.98. The fourth-order valence-corrected chi connectivity index (χ4v) is 2.15. The van der Waals surface area contributed by atoms with Gasteiger partial charge in [0.25, 0.3) is 5.91 Å². The van der Waals surface area contributed by atoms with Crippen LogP contribution >= 0.6 is 0 Å². The van der Waals surface area contributed by atoms with Gasteiger partial charge in [-0.15, -0.1) is 0 Å². The molecular formula is C13H17F2N3O. The minimum atomic E-state index is -1.06. The molecule has 19 heavy (non-hydrogen) atoms. The lowest BCUT2D eigenvalue weighted by Gasteiger charge is -2.37. The molecule has 2 N–H and O–H groups in total. The van der Waals surface area contributed by atoms with E-state index in [0.29, 0.717) is 13.1 Å². The van der Waals surface area contributed by atoms with Crippen LogP contribution in [0.25, 0.3) is 0 Å². The van der Waals surface area contributed by atoms with E-state index in [0.717, 1.165) is 18.7 Å². The molecule has 1 saturated heterocycles. The SMILES string of the molecule is CC1CN(C(=O)c2cc(F)c(F)cc2N)CCN1C. The van der Waals surface area contributed by atoms with Crippen molar-refractivity contribution in [1.29, 1.82) is 0 Å². The van der Waals surface area contributed by atoms with E-state index in [1.54, 1.807) is 4.90 Å². The van der Waals surface area contributed by atoms with Gasteiger partial charge in [-0.1, -0.05) is 0 Å². The lowest BCUT2D eigenvalue weighted by Crippen LogP contribution is -2.52. The average molecular weight is 269 g/mol. The summed E-state index contributed by atoms with van der Waals surface area (Å²) in [5.74, 6) is -2.45. The van der Waals surface area contributed by atoms with Gasteiger partial charge in [-0.25, -0.2) is 8.78 Å². The third kappa shape index (κ3) is 2.68. The third-order valence-corrected chi connectivity index (χ3v) is 3.57. The van der Waals surface area contributed by atoms with Gasteiger partial charge in [0, 0.05) is 37.4 Å². The molecule has 2 rings (SSSR count). The molecule has 0 radical (unpaired) electrons. The van der Waals surface area contributed by atoms with Crippen molar-refractivity contribution < 1.29 is 13.6 Å². The number of nitrogen functional groups attached to an aromatic ring is 1. The summed E-state index contributed by atoms with van der Waals surface area (Å²) in [5, 5.41) is 0. The van der Waals surface area contributed by atoms with Crippen LogP contribution < -0.4 is 5.73 Å². The van der Waals surface area contributed by atoms with E-state index in [2.05, 4.69) is 4.90 Å². The second-order valence-corrected chi connectivity index (χ2v) is 4.93. The lowest BCUT2D eigenvalue weighted by molar-refractivity contribution is 0.0573. The minimum Gasteiger partial charge on any atom is -0.398 e. The molecule has 1 aliphatic rings. The van der Waals surface area contributed by atoms with Crippen LogP contribution in [0, 0.1) is 11.6 Å². The highest BCUT2D eigenvalue weighted by atomic mass is 19.2. The molecule has 0 saturated carbocycles. The number of carbonyl (C=O) groups excluding carboxylic acids is 1. The van der Waals surface area contributed by atoms with Gasteiger partial charge in [0.1, 0.15) is 0 Å². The summed E-state index contributed by atoms with van der Waals surface area (Å²) >= 11 is 0. The number of piperazine rings is 1. The highest BCUT2D eigenvalue weighted by Gasteiger charge is 2.26. The summed E-state index contributed by atoms with van der Waals surface area (Å²) in [6.07, 6.45) is 0. The van der Waals surface area contributed by atoms with Crippen LogP contribution in [0.3, 0.4) is 0 Å². The predicted octanol–water partition coefficient (Wildman–Crippen LogP) is 1.32. The smallest absolute Gasteiger partial charge is 0.256 e. The van der Waals surface area contributed by atoms with Gasteiger partial charge >= 0.3 is 0 Å². The quantitative estimate of drug-likeness (QED) is 0.782. The Morgan fingerprint density at radius 2 is 1.95 bits per heavy atom. The number of anilines is 1. The van der Waals surface area contributed by atoms with Crippen LogP contribution in [0.2, 0.25) is 0 Å². The molecule has 1 aromatic carbocycles. The monoisotopic (exact) mass is 269 g/mol. The molecule has 1 unspecified atom stereocenters. The molecule has 104 valence electrons. The maximum atomic E-state index is 13.2. The van der Waals surface area contributed by atoms with E-state index >= 15 is 0 Å². The van der Waals surface area contributed by atoms with Crippen LogP contribution in [0.4, 0.5) is 14.5 Å². The Bertz CT molecular complexity index is 507. The fraction of sp³-hybridized carbons (Fsp3) is 0.462. The van der Waals surface area contributed by atoms with Gasteiger partial charge in [-0.2, -0.15) is 0 Å². The first-order valence-electron chi connectivity index (χ1n) is 6.14. The molecular weight excluding hydrogens is 252 g/mol. The van der Waals surface area contributed by atoms with Crippen molar-refractivity contribution in [2.45, 2.75) is 13.0 Å². The maximum Gasteiger partial charge on any atom is 0.256 e. The van der Waals surface area contributed by atoms with Gasteiger partial charge < -0.3 is 15.5 Å². The van der Waals surface area contributed by atoms with Gasteiger partial charge in [0.05, 0.1) is 5.56 Å². The second kappa shape index (κ2) is 5.13. The number of benzene rings is 1. The molecule has 1 heterocycles. The van der Waals surface area contributed by atoms with Gasteiger partial charge in [-0.05, 0) is 20.0 Å². The zero-order chi connectivity index (χ0) is 14.2. The van der Waals surface area contributed by atoms with Crippen molar-refractivity contribution in [3.05, 3.63) is 29.3 Å². The number of carbonyl (C=O) groups is 1. The van der Waals surface area contributed by atoms with E-state index in [-0.39, 0.29) is 23.2 Å². The largest absolute Gasteiger partial charge is 0.398 e. The Hall–Kier alpha value is -1.69. The standard InChI is InChI=1S/C13H17F2N3O/c1-8-7-18(4-3-17(8)2)13(19)9-5-10(14)11(15)6-12(9)16/h5-6,8H,3-4,7,16H2,1-2H3. The number of hydrogen-bond donors (Lipinski definition) is 1. The normalized spacial score (nSPS) is 20.6. The summed E-state index contributed by atoms with van der Waals surface area (Å²) in [6, 6.07) is 1.95. The summed E-state index contributed by atoms with van der Waals surface area (Å²) in [4.78, 5) is 16.0. The summed E-state index contributed by atoms with van der Waals surface area (Å²) < 4.78 is 26.2. The Balaban J connectivity index is 2.23. The van der Waals surface area contributed by atoms with Crippen LogP contribution in [0.5, 0.6) is 0 Å². The van der Waals surface area contributed by atoms with Gasteiger partial charge in [0.2, 0.25) is 0 Å². The third-order valence-electron chi connectivity index (χ3n) is 3.57. The number of amides is 1. The molecule has 0 aromatic heterocycles. The number of nitrogens with two attached hydrogens (primary N) is 1. The molecule has 1 amide bonds. The van der Waals surface area contributed by atoms with Crippen molar-refractivity contribution in [3.8, 4) is 0 Å². The number of halogens is 2. The summed E-state index contributed by atoms with van der Waals surface area (Å²) in [6.45, 7) is 3.86. The van der Waals surface area contributed by atoms with E-state index in [1.807, 2.05) is 14.0 Å². The Morgan fingerprint density at radius 3 is 2.58 bits per heavy atom. The van der Waals surface area contributed by atoms with Crippen molar-refractivity contribution in [3.63, 3.8) is 0 Å². The molecule has 1 aromatic rings. The van der Waals surface area contributed by atoms with E-state index < -0.39 is 11.6 Å². The average Bonchev–Trinajstić information content (AvgIpc) is 2.36. The van der Waals surface area contributed by atoms with E-state index in [9.17, 15) is 13.6 Å². The fourth-order valence-electron chi connectivity index (χ4n) is 2.15. The van der Waals surface area contributed by atoms with Crippen molar-refractivity contribution in [1.82, 2.24) is 9.80 Å². The Labute approximate surface area is 110 Å². The van der Waals surface area contributed by atoms with Crippen LogP contribution in [0.1, 0.15) is 17.3 Å². The molecule has 6 heteroatoms. The molecule has 1 fully saturated rings. The van der Waals surface area contributed by atoms with Crippen molar-refractivity contribution >= 4 is 11.6 Å². The Kier molecular flexibility index (Phi) is 3.71. The molecule has 0 aliphatic carbocycles. The van der Waals surface area contributed by atoms with Gasteiger partial charge in [-0.3, -0.25) is 4.79 Å². The molecule has 4 nitrogen and oxygen atoms in total. The molecule has 1 aliphatic heterocycles.